The number of rotatable bonds is 5. The van der Waals surface area contributed by atoms with Gasteiger partial charge in [-0.25, -0.2) is 4.79 Å². The van der Waals surface area contributed by atoms with E-state index < -0.39 is 11.7 Å². The van der Waals surface area contributed by atoms with E-state index in [2.05, 4.69) is 10.6 Å². The third-order valence-corrected chi connectivity index (χ3v) is 3.16. The van der Waals surface area contributed by atoms with Crippen molar-refractivity contribution in [2.75, 3.05) is 6.54 Å². The Morgan fingerprint density at radius 1 is 1.43 bits per heavy atom. The summed E-state index contributed by atoms with van der Waals surface area (Å²) < 4.78 is 10.1. The van der Waals surface area contributed by atoms with Crippen LogP contribution in [0.2, 0.25) is 0 Å². The summed E-state index contributed by atoms with van der Waals surface area (Å²) in [5, 5.41) is 5.64. The minimum Gasteiger partial charge on any atom is -0.472 e. The maximum atomic E-state index is 12.0. The zero-order valence-electron chi connectivity index (χ0n) is 12.6. The number of nitrogens with one attached hydrogen (secondary N) is 2. The second kappa shape index (κ2) is 6.20. The van der Waals surface area contributed by atoms with Crippen LogP contribution >= 0.6 is 0 Å². The van der Waals surface area contributed by atoms with Crippen molar-refractivity contribution in [2.45, 2.75) is 45.3 Å². The smallest absolute Gasteiger partial charge is 0.407 e. The van der Waals surface area contributed by atoms with Crippen LogP contribution in [-0.2, 0) is 4.74 Å². The molecule has 0 unspecified atom stereocenters. The summed E-state index contributed by atoms with van der Waals surface area (Å²) in [6, 6.07) is 1.53. The average molecular weight is 294 g/mol. The number of ether oxygens (including phenoxy) is 1. The maximum absolute atomic E-state index is 12.0. The van der Waals surface area contributed by atoms with E-state index in [9.17, 15) is 9.59 Å². The average Bonchev–Trinajstić information content (AvgIpc) is 3.06. The summed E-state index contributed by atoms with van der Waals surface area (Å²) in [4.78, 5) is 23.7. The number of carbonyl (C=O) groups excluding carboxylic acids is 2. The fourth-order valence-corrected chi connectivity index (χ4v) is 1.99. The molecule has 6 heteroatoms. The van der Waals surface area contributed by atoms with E-state index in [1.165, 1.54) is 12.5 Å². The predicted molar refractivity (Wildman–Crippen MR) is 76.9 cm³/mol. The summed E-state index contributed by atoms with van der Waals surface area (Å²) in [6.07, 6.45) is 4.52. The Kier molecular flexibility index (Phi) is 4.55. The predicted octanol–water partition coefficient (Wildman–Crippen LogP) is 2.31. The van der Waals surface area contributed by atoms with E-state index in [1.807, 2.05) is 20.8 Å². The molecule has 1 saturated carbocycles. The number of carbonyl (C=O) groups is 2. The van der Waals surface area contributed by atoms with Crippen molar-refractivity contribution < 1.29 is 18.7 Å². The normalized spacial score (nSPS) is 16.1. The summed E-state index contributed by atoms with van der Waals surface area (Å²) >= 11 is 0. The molecule has 1 aromatic rings. The van der Waals surface area contributed by atoms with Gasteiger partial charge >= 0.3 is 6.09 Å². The van der Waals surface area contributed by atoms with Crippen LogP contribution in [0.1, 0.15) is 44.0 Å². The van der Waals surface area contributed by atoms with Gasteiger partial charge in [0.2, 0.25) is 0 Å². The highest BCUT2D eigenvalue weighted by atomic mass is 16.6. The first-order valence-electron chi connectivity index (χ1n) is 7.15. The topological polar surface area (TPSA) is 80.6 Å². The molecule has 1 heterocycles. The highest BCUT2D eigenvalue weighted by Gasteiger charge is 2.33. The van der Waals surface area contributed by atoms with Gasteiger partial charge in [0.1, 0.15) is 11.9 Å². The van der Waals surface area contributed by atoms with Gasteiger partial charge in [-0.2, -0.15) is 0 Å². The molecule has 21 heavy (non-hydrogen) atoms. The van der Waals surface area contributed by atoms with Gasteiger partial charge in [0.15, 0.2) is 0 Å². The molecule has 1 aromatic heterocycles. The molecule has 2 amide bonds. The molecule has 1 aliphatic carbocycles. The van der Waals surface area contributed by atoms with Gasteiger partial charge in [-0.05, 0) is 45.6 Å². The molecule has 116 valence electrons. The molecule has 0 aliphatic heterocycles. The Hall–Kier alpha value is -1.98. The lowest BCUT2D eigenvalue weighted by Gasteiger charge is -2.22. The minimum atomic E-state index is -0.529. The molecule has 0 aromatic carbocycles. The quantitative estimate of drug-likeness (QED) is 0.873. The molecular formula is C15H22N2O4. The van der Waals surface area contributed by atoms with Crippen molar-refractivity contribution in [1.82, 2.24) is 10.6 Å². The van der Waals surface area contributed by atoms with Crippen LogP contribution < -0.4 is 10.6 Å². The van der Waals surface area contributed by atoms with Gasteiger partial charge in [-0.1, -0.05) is 0 Å². The number of hydrogen-bond acceptors (Lipinski definition) is 4. The third kappa shape index (κ3) is 5.13. The van der Waals surface area contributed by atoms with Crippen LogP contribution in [0.25, 0.3) is 0 Å². The van der Waals surface area contributed by atoms with Crippen molar-refractivity contribution >= 4 is 12.0 Å². The van der Waals surface area contributed by atoms with E-state index in [-0.39, 0.29) is 11.9 Å². The SMILES string of the molecule is CC(C)(C)OC(=O)NC[C@H](NC(=O)c1ccoc1)C1CC1. The second-order valence-corrected chi connectivity index (χ2v) is 6.31. The molecule has 1 aliphatic rings. The molecule has 0 spiro atoms. The Bertz CT molecular complexity index is 486. The van der Waals surface area contributed by atoms with Crippen LogP contribution in [0.3, 0.4) is 0 Å². The fourth-order valence-electron chi connectivity index (χ4n) is 1.99. The Morgan fingerprint density at radius 2 is 2.14 bits per heavy atom. The first-order chi connectivity index (χ1) is 9.85. The Balaban J connectivity index is 1.83. The van der Waals surface area contributed by atoms with E-state index in [0.29, 0.717) is 18.0 Å². The van der Waals surface area contributed by atoms with Gasteiger partial charge < -0.3 is 19.8 Å². The maximum Gasteiger partial charge on any atom is 0.407 e. The van der Waals surface area contributed by atoms with Crippen LogP contribution in [0, 0.1) is 5.92 Å². The third-order valence-electron chi connectivity index (χ3n) is 3.16. The minimum absolute atomic E-state index is 0.0834. The van der Waals surface area contributed by atoms with Crippen molar-refractivity contribution in [3.05, 3.63) is 24.2 Å². The summed E-state index contributed by atoms with van der Waals surface area (Å²) in [5.41, 5.74) is -0.0444. The lowest BCUT2D eigenvalue weighted by atomic mass is 10.1. The van der Waals surface area contributed by atoms with Gasteiger partial charge in [-0.3, -0.25) is 4.79 Å². The summed E-state index contributed by atoms with van der Waals surface area (Å²) in [5.74, 6) is 0.224. The van der Waals surface area contributed by atoms with Crippen molar-refractivity contribution in [1.29, 1.82) is 0 Å². The molecule has 2 rings (SSSR count). The molecule has 0 radical (unpaired) electrons. The first-order valence-corrected chi connectivity index (χ1v) is 7.15. The number of furan rings is 1. The molecule has 2 N–H and O–H groups in total. The zero-order chi connectivity index (χ0) is 15.5. The summed E-state index contributed by atoms with van der Waals surface area (Å²) in [7, 11) is 0. The molecule has 6 nitrogen and oxygen atoms in total. The van der Waals surface area contributed by atoms with Crippen LogP contribution in [0.4, 0.5) is 4.79 Å². The van der Waals surface area contributed by atoms with Crippen molar-refractivity contribution in [3.63, 3.8) is 0 Å². The van der Waals surface area contributed by atoms with E-state index in [0.717, 1.165) is 12.8 Å². The van der Waals surface area contributed by atoms with E-state index >= 15 is 0 Å². The van der Waals surface area contributed by atoms with E-state index in [1.54, 1.807) is 6.07 Å². The summed E-state index contributed by atoms with van der Waals surface area (Å²) in [6.45, 7) is 5.80. The number of hydrogen-bond donors (Lipinski definition) is 2. The molecular weight excluding hydrogens is 272 g/mol. The Morgan fingerprint density at radius 3 is 2.67 bits per heavy atom. The molecule has 0 saturated heterocycles. The van der Waals surface area contributed by atoms with Crippen LogP contribution in [-0.4, -0.2) is 30.2 Å². The number of amides is 2. The second-order valence-electron chi connectivity index (χ2n) is 6.31. The Labute approximate surface area is 124 Å². The van der Waals surface area contributed by atoms with Crippen LogP contribution in [0.5, 0.6) is 0 Å². The number of alkyl carbamates (subject to hydrolysis) is 1. The largest absolute Gasteiger partial charge is 0.472 e. The fraction of sp³-hybridized carbons (Fsp3) is 0.600. The lowest BCUT2D eigenvalue weighted by molar-refractivity contribution is 0.0518. The molecule has 0 bridgehead atoms. The van der Waals surface area contributed by atoms with E-state index in [4.69, 9.17) is 9.15 Å². The van der Waals surface area contributed by atoms with Gasteiger partial charge in [0.05, 0.1) is 11.8 Å². The highest BCUT2D eigenvalue weighted by molar-refractivity contribution is 5.94. The first kappa shape index (κ1) is 15.4. The van der Waals surface area contributed by atoms with Crippen molar-refractivity contribution in [3.8, 4) is 0 Å². The standard InChI is InChI=1S/C15H22N2O4/c1-15(2,3)21-14(19)16-8-12(10-4-5-10)17-13(18)11-6-7-20-9-11/h6-7,9-10,12H,4-5,8H2,1-3H3,(H,16,19)(H,17,18)/t12-/m0/s1. The lowest BCUT2D eigenvalue weighted by Crippen LogP contribution is -2.46. The van der Waals surface area contributed by atoms with Gasteiger partial charge in [-0.15, -0.1) is 0 Å². The highest BCUT2D eigenvalue weighted by Crippen LogP contribution is 2.32. The molecule has 1 fully saturated rings. The molecule has 1 atom stereocenters. The zero-order valence-corrected chi connectivity index (χ0v) is 12.6. The van der Waals surface area contributed by atoms with Gasteiger partial charge in [0, 0.05) is 12.6 Å². The van der Waals surface area contributed by atoms with Crippen molar-refractivity contribution in [2.24, 2.45) is 5.92 Å². The van der Waals surface area contributed by atoms with Gasteiger partial charge in [0.25, 0.3) is 5.91 Å². The van der Waals surface area contributed by atoms with Crippen LogP contribution in [0.15, 0.2) is 23.0 Å². The monoisotopic (exact) mass is 294 g/mol.